The topological polar surface area (TPSA) is 108 Å². The zero-order valence-electron chi connectivity index (χ0n) is 53.8. The summed E-state index contributed by atoms with van der Waals surface area (Å²) in [5, 5.41) is 9.73. The Kier molecular flexibility index (Phi) is 60.0. The standard InChI is InChI=1S/C74H123NO8/c1-6-8-10-12-14-16-18-20-22-24-26-27-28-29-30-31-32-33-34-35-36-37-38-39-40-41-42-43-44-45-47-49-51-53-55-57-59-61-63-65-72(77)83-70(69-82-74(73(78)79)80-67-66-75(3,4)5)68-81-71(76)64-62-60-58-56-54-52-50-48-46-25-23-21-19-17-15-13-11-9-7-2/h8,10,14-17,20-23,26-27,29-30,32-33,35-36,38-39,41-42,70,74H,6-7,9,11-13,18-19,24-25,28,31,34,37,40,43-69H2,1-5H3/p+1/b10-8-,16-14-,17-15-,22-20-,23-21-,27-26-,30-29-,33-32-,36-35-,39-38-,42-41-. The number of likely N-dealkylation sites (N-methyl/N-ethyl adjacent to an activating group) is 1. The number of aliphatic carboxylic acids is 1. The van der Waals surface area contributed by atoms with Gasteiger partial charge < -0.3 is 28.5 Å². The second-order valence-corrected chi connectivity index (χ2v) is 23.0. The van der Waals surface area contributed by atoms with Crippen LogP contribution in [0.1, 0.15) is 258 Å². The molecule has 0 rings (SSSR count). The SMILES string of the molecule is CC/C=C\C/C=C\C/C=C\C/C=C\C/C=C\C/C=C\C/C=C\C/C=C\C/C=C\CCCCCCCCCCCCCC(=O)OC(COC(=O)CCCCCCCCCCC/C=C\C/C=C\CCCCC)COC(OCC[N+](C)(C)C)C(=O)O. The van der Waals surface area contributed by atoms with E-state index in [1.807, 2.05) is 21.1 Å². The fourth-order valence-corrected chi connectivity index (χ4v) is 8.80. The number of carbonyl (C=O) groups excluding carboxylic acids is 2. The average molecular weight is 1160 g/mol. The van der Waals surface area contributed by atoms with Crippen LogP contribution in [0.25, 0.3) is 0 Å². The van der Waals surface area contributed by atoms with E-state index in [1.54, 1.807) is 0 Å². The van der Waals surface area contributed by atoms with E-state index < -0.39 is 24.3 Å². The van der Waals surface area contributed by atoms with Gasteiger partial charge in [0.05, 0.1) is 34.4 Å². The molecule has 0 aliphatic rings. The number of quaternary nitrogens is 1. The molecule has 0 heterocycles. The molecule has 1 N–H and O–H groups in total. The molecule has 9 nitrogen and oxygen atoms in total. The maximum absolute atomic E-state index is 12.9. The number of allylic oxidation sites excluding steroid dienone is 22. The first-order chi connectivity index (χ1) is 40.6. The minimum Gasteiger partial charge on any atom is -0.477 e. The molecule has 472 valence electrons. The van der Waals surface area contributed by atoms with E-state index in [-0.39, 0.29) is 32.2 Å². The molecule has 2 unspecified atom stereocenters. The van der Waals surface area contributed by atoms with Gasteiger partial charge in [-0.3, -0.25) is 9.59 Å². The molecular weight excluding hydrogens is 1030 g/mol. The van der Waals surface area contributed by atoms with Gasteiger partial charge in [0.15, 0.2) is 6.10 Å². The fourth-order valence-electron chi connectivity index (χ4n) is 8.80. The van der Waals surface area contributed by atoms with Crippen LogP contribution in [-0.2, 0) is 33.3 Å². The van der Waals surface area contributed by atoms with Gasteiger partial charge in [0, 0.05) is 12.8 Å². The van der Waals surface area contributed by atoms with Crippen LogP contribution >= 0.6 is 0 Å². The number of hydrogen-bond donors (Lipinski definition) is 1. The molecule has 0 bridgehead atoms. The molecule has 0 spiro atoms. The van der Waals surface area contributed by atoms with Gasteiger partial charge in [-0.1, -0.05) is 263 Å². The van der Waals surface area contributed by atoms with Crippen LogP contribution in [0.3, 0.4) is 0 Å². The van der Waals surface area contributed by atoms with Crippen molar-refractivity contribution in [2.75, 3.05) is 47.5 Å². The number of hydrogen-bond acceptors (Lipinski definition) is 7. The van der Waals surface area contributed by atoms with Gasteiger partial charge in [-0.15, -0.1) is 0 Å². The number of esters is 2. The van der Waals surface area contributed by atoms with Crippen LogP contribution in [-0.4, -0.2) is 87.4 Å². The minimum absolute atomic E-state index is 0.181. The maximum Gasteiger partial charge on any atom is 0.361 e. The van der Waals surface area contributed by atoms with Crippen LogP contribution in [0, 0.1) is 0 Å². The van der Waals surface area contributed by atoms with Gasteiger partial charge in [-0.2, -0.15) is 0 Å². The van der Waals surface area contributed by atoms with E-state index >= 15 is 0 Å². The largest absolute Gasteiger partial charge is 0.477 e. The molecule has 83 heavy (non-hydrogen) atoms. The fraction of sp³-hybridized carbons (Fsp3) is 0.662. The molecule has 0 amide bonds. The van der Waals surface area contributed by atoms with E-state index in [9.17, 15) is 19.5 Å². The molecule has 0 fully saturated rings. The summed E-state index contributed by atoms with van der Waals surface area (Å²) in [5.41, 5.74) is 0. The summed E-state index contributed by atoms with van der Waals surface area (Å²) in [6.07, 6.45) is 88.3. The first-order valence-electron chi connectivity index (χ1n) is 33.3. The Morgan fingerprint density at radius 3 is 1.02 bits per heavy atom. The molecule has 2 atom stereocenters. The molecule has 0 aromatic rings. The van der Waals surface area contributed by atoms with Gasteiger partial charge in [-0.25, -0.2) is 4.79 Å². The third-order valence-corrected chi connectivity index (χ3v) is 13.9. The van der Waals surface area contributed by atoms with Crippen molar-refractivity contribution in [3.8, 4) is 0 Å². The number of carboxylic acids is 1. The Morgan fingerprint density at radius 2 is 0.687 bits per heavy atom. The van der Waals surface area contributed by atoms with E-state index in [4.69, 9.17) is 18.9 Å². The Labute approximate surface area is 509 Å². The Balaban J connectivity index is 4.15. The number of carboxylic acid groups (broad SMARTS) is 1. The first kappa shape index (κ1) is 78.4. The van der Waals surface area contributed by atoms with Crippen molar-refractivity contribution in [2.45, 2.75) is 270 Å². The van der Waals surface area contributed by atoms with E-state index in [2.05, 4.69) is 148 Å². The highest BCUT2D eigenvalue weighted by atomic mass is 16.7. The highest BCUT2D eigenvalue weighted by Crippen LogP contribution is 2.16. The second kappa shape index (κ2) is 63.5. The third kappa shape index (κ3) is 64.8. The van der Waals surface area contributed by atoms with Gasteiger partial charge in [-0.05, 0) is 116 Å². The van der Waals surface area contributed by atoms with Crippen molar-refractivity contribution in [1.82, 2.24) is 0 Å². The molecule has 0 radical (unpaired) electrons. The molecule has 0 saturated carbocycles. The predicted octanol–water partition coefficient (Wildman–Crippen LogP) is 20.6. The molecule has 0 aliphatic carbocycles. The van der Waals surface area contributed by atoms with E-state index in [0.717, 1.165) is 109 Å². The number of rotatable bonds is 60. The lowest BCUT2D eigenvalue weighted by molar-refractivity contribution is -0.870. The zero-order valence-corrected chi connectivity index (χ0v) is 53.8. The first-order valence-corrected chi connectivity index (χ1v) is 33.3. The second-order valence-electron chi connectivity index (χ2n) is 23.0. The summed E-state index contributed by atoms with van der Waals surface area (Å²) in [6.45, 7) is 4.73. The van der Waals surface area contributed by atoms with Crippen LogP contribution in [0.15, 0.2) is 134 Å². The van der Waals surface area contributed by atoms with Crippen molar-refractivity contribution in [3.63, 3.8) is 0 Å². The zero-order chi connectivity index (χ0) is 60.5. The summed E-state index contributed by atoms with van der Waals surface area (Å²) in [7, 11) is 5.96. The van der Waals surface area contributed by atoms with Crippen molar-refractivity contribution in [2.24, 2.45) is 0 Å². The molecular formula is C74H124NO8+. The quantitative estimate of drug-likeness (QED) is 0.0211. The number of carbonyl (C=O) groups is 3. The molecule has 9 heteroatoms. The molecule has 0 saturated heterocycles. The number of ether oxygens (including phenoxy) is 4. The molecule has 0 aliphatic heterocycles. The Hall–Kier alpha value is -4.57. The third-order valence-electron chi connectivity index (χ3n) is 13.9. The minimum atomic E-state index is -1.52. The maximum atomic E-state index is 12.9. The molecule has 0 aromatic heterocycles. The number of unbranched alkanes of at least 4 members (excludes halogenated alkanes) is 23. The Bertz CT molecular complexity index is 1820. The van der Waals surface area contributed by atoms with Crippen molar-refractivity contribution in [1.29, 1.82) is 0 Å². The number of nitrogens with zero attached hydrogens (tertiary/aromatic N) is 1. The lowest BCUT2D eigenvalue weighted by Crippen LogP contribution is -2.40. The summed E-state index contributed by atoms with van der Waals surface area (Å²) in [6, 6.07) is 0. The predicted molar refractivity (Wildman–Crippen MR) is 354 cm³/mol. The monoisotopic (exact) mass is 1150 g/mol. The van der Waals surface area contributed by atoms with Crippen molar-refractivity contribution in [3.05, 3.63) is 134 Å². The normalized spacial score (nSPS) is 13.6. The Morgan fingerprint density at radius 1 is 0.373 bits per heavy atom. The average Bonchev–Trinajstić information content (AvgIpc) is 3.46. The van der Waals surface area contributed by atoms with Crippen molar-refractivity contribution < 1.29 is 42.9 Å². The summed E-state index contributed by atoms with van der Waals surface area (Å²) in [4.78, 5) is 37.5. The van der Waals surface area contributed by atoms with E-state index in [1.165, 1.54) is 116 Å². The smallest absolute Gasteiger partial charge is 0.361 e. The highest BCUT2D eigenvalue weighted by molar-refractivity contribution is 5.71. The highest BCUT2D eigenvalue weighted by Gasteiger charge is 2.25. The summed E-state index contributed by atoms with van der Waals surface area (Å²) < 4.78 is 22.9. The lowest BCUT2D eigenvalue weighted by Gasteiger charge is -2.25. The van der Waals surface area contributed by atoms with Gasteiger partial charge in [0.2, 0.25) is 0 Å². The summed E-state index contributed by atoms with van der Waals surface area (Å²) >= 11 is 0. The van der Waals surface area contributed by atoms with E-state index in [0.29, 0.717) is 23.9 Å². The van der Waals surface area contributed by atoms with Gasteiger partial charge in [0.1, 0.15) is 13.2 Å². The van der Waals surface area contributed by atoms with Gasteiger partial charge in [0.25, 0.3) is 6.29 Å². The molecule has 0 aromatic carbocycles. The lowest BCUT2D eigenvalue weighted by atomic mass is 10.0. The van der Waals surface area contributed by atoms with Crippen molar-refractivity contribution >= 4 is 17.9 Å². The van der Waals surface area contributed by atoms with Crippen LogP contribution in [0.4, 0.5) is 0 Å². The van der Waals surface area contributed by atoms with Crippen LogP contribution < -0.4 is 0 Å². The summed E-state index contributed by atoms with van der Waals surface area (Å²) in [5.74, 6) is -2.02. The van der Waals surface area contributed by atoms with Crippen LogP contribution in [0.5, 0.6) is 0 Å². The van der Waals surface area contributed by atoms with Crippen LogP contribution in [0.2, 0.25) is 0 Å². The van der Waals surface area contributed by atoms with Gasteiger partial charge >= 0.3 is 17.9 Å².